The molecule has 0 aliphatic carbocycles. The standard InChI is InChI=1S/C19H20Cl2N2O4/c1-11-5-14(6-12(2)19(11)21)27-10-18(24)23-22-9-13-7-16(25-3)17(26-4)8-15(13)20/h5-9H,10H2,1-4H3,(H,23,24)/b22-9+. The van der Waals surface area contributed by atoms with Gasteiger partial charge in [-0.15, -0.1) is 0 Å². The molecule has 2 aromatic rings. The Morgan fingerprint density at radius 1 is 1.07 bits per heavy atom. The van der Waals surface area contributed by atoms with Crippen LogP contribution in [-0.2, 0) is 4.79 Å². The molecule has 0 fully saturated rings. The van der Waals surface area contributed by atoms with E-state index in [0.29, 0.717) is 32.9 Å². The van der Waals surface area contributed by atoms with Crippen LogP contribution in [0.3, 0.4) is 0 Å². The predicted molar refractivity (Wildman–Crippen MR) is 107 cm³/mol. The van der Waals surface area contributed by atoms with Gasteiger partial charge in [-0.25, -0.2) is 5.43 Å². The van der Waals surface area contributed by atoms with E-state index in [0.717, 1.165) is 11.1 Å². The van der Waals surface area contributed by atoms with Crippen molar-refractivity contribution in [1.82, 2.24) is 5.43 Å². The Kier molecular flexibility index (Phi) is 7.33. The second kappa shape index (κ2) is 9.48. The van der Waals surface area contributed by atoms with E-state index < -0.39 is 5.91 Å². The SMILES string of the molecule is COc1cc(Cl)c(/C=N/NC(=O)COc2cc(C)c(Cl)c(C)c2)cc1OC. The number of carbonyl (C=O) groups is 1. The van der Waals surface area contributed by atoms with Crippen molar-refractivity contribution in [1.29, 1.82) is 0 Å². The van der Waals surface area contributed by atoms with Gasteiger partial charge in [0.05, 0.1) is 25.5 Å². The molecule has 0 atom stereocenters. The zero-order chi connectivity index (χ0) is 20.0. The minimum absolute atomic E-state index is 0.183. The molecule has 1 amide bonds. The number of hydrazone groups is 1. The van der Waals surface area contributed by atoms with Gasteiger partial charge < -0.3 is 14.2 Å². The lowest BCUT2D eigenvalue weighted by Gasteiger charge is -2.10. The summed E-state index contributed by atoms with van der Waals surface area (Å²) in [5, 5.41) is 4.98. The quantitative estimate of drug-likeness (QED) is 0.549. The van der Waals surface area contributed by atoms with Crippen LogP contribution in [0.15, 0.2) is 29.4 Å². The molecule has 0 radical (unpaired) electrons. The Hall–Kier alpha value is -2.44. The van der Waals surface area contributed by atoms with E-state index in [-0.39, 0.29) is 6.61 Å². The van der Waals surface area contributed by atoms with Gasteiger partial charge >= 0.3 is 0 Å². The summed E-state index contributed by atoms with van der Waals surface area (Å²) in [5.74, 6) is 1.17. The second-order valence-electron chi connectivity index (χ2n) is 5.68. The molecule has 0 heterocycles. The molecule has 1 N–H and O–H groups in total. The van der Waals surface area contributed by atoms with Crippen molar-refractivity contribution in [3.8, 4) is 17.2 Å². The molecule has 0 unspecified atom stereocenters. The number of rotatable bonds is 7. The molecule has 8 heteroatoms. The summed E-state index contributed by atoms with van der Waals surface area (Å²) >= 11 is 12.3. The number of benzene rings is 2. The fourth-order valence-electron chi connectivity index (χ4n) is 2.31. The smallest absolute Gasteiger partial charge is 0.277 e. The van der Waals surface area contributed by atoms with E-state index in [2.05, 4.69) is 10.5 Å². The third-order valence-corrected chi connectivity index (χ3v) is 4.60. The summed E-state index contributed by atoms with van der Waals surface area (Å²) < 4.78 is 15.8. The monoisotopic (exact) mass is 410 g/mol. The number of hydrogen-bond donors (Lipinski definition) is 1. The van der Waals surface area contributed by atoms with Crippen LogP contribution in [0.5, 0.6) is 17.2 Å². The summed E-state index contributed by atoms with van der Waals surface area (Å²) in [7, 11) is 3.04. The molecule has 0 aliphatic heterocycles. The molecule has 2 rings (SSSR count). The minimum Gasteiger partial charge on any atom is -0.493 e. The Morgan fingerprint density at radius 2 is 1.67 bits per heavy atom. The number of methoxy groups -OCH3 is 2. The first-order valence-electron chi connectivity index (χ1n) is 7.98. The lowest BCUT2D eigenvalue weighted by molar-refractivity contribution is -0.123. The molecule has 0 aromatic heterocycles. The van der Waals surface area contributed by atoms with Crippen molar-refractivity contribution in [3.05, 3.63) is 51.0 Å². The van der Waals surface area contributed by atoms with E-state index >= 15 is 0 Å². The lowest BCUT2D eigenvalue weighted by atomic mass is 10.1. The van der Waals surface area contributed by atoms with Crippen LogP contribution in [0.2, 0.25) is 10.0 Å². The van der Waals surface area contributed by atoms with Gasteiger partial charge in [0.25, 0.3) is 5.91 Å². The molecule has 6 nitrogen and oxygen atoms in total. The number of carbonyl (C=O) groups excluding carboxylic acids is 1. The third kappa shape index (κ3) is 5.52. The highest BCUT2D eigenvalue weighted by Crippen LogP contribution is 2.32. The number of halogens is 2. The van der Waals surface area contributed by atoms with Crippen LogP contribution in [0.25, 0.3) is 0 Å². The Balaban J connectivity index is 1.95. The van der Waals surface area contributed by atoms with E-state index in [1.54, 1.807) is 24.3 Å². The molecular weight excluding hydrogens is 391 g/mol. The summed E-state index contributed by atoms with van der Waals surface area (Å²) in [6, 6.07) is 6.81. The van der Waals surface area contributed by atoms with Gasteiger partial charge in [-0.3, -0.25) is 4.79 Å². The molecule has 144 valence electrons. The van der Waals surface area contributed by atoms with Crippen LogP contribution in [0.1, 0.15) is 16.7 Å². The highest BCUT2D eigenvalue weighted by molar-refractivity contribution is 6.33. The van der Waals surface area contributed by atoms with Crippen molar-refractivity contribution in [2.75, 3.05) is 20.8 Å². The summed E-state index contributed by atoms with van der Waals surface area (Å²) in [6.07, 6.45) is 1.42. The molecule has 0 saturated heterocycles. The van der Waals surface area contributed by atoms with Crippen molar-refractivity contribution in [3.63, 3.8) is 0 Å². The number of amides is 1. The maximum Gasteiger partial charge on any atom is 0.277 e. The number of nitrogens with zero attached hydrogens (tertiary/aromatic N) is 1. The van der Waals surface area contributed by atoms with Crippen LogP contribution in [0, 0.1) is 13.8 Å². The van der Waals surface area contributed by atoms with E-state index in [1.807, 2.05) is 13.8 Å². The van der Waals surface area contributed by atoms with Gasteiger partial charge in [0.2, 0.25) is 0 Å². The first-order chi connectivity index (χ1) is 12.8. The Bertz CT molecular complexity index is 846. The zero-order valence-corrected chi connectivity index (χ0v) is 16.9. The van der Waals surface area contributed by atoms with E-state index in [1.165, 1.54) is 20.4 Å². The van der Waals surface area contributed by atoms with Crippen molar-refractivity contribution < 1.29 is 19.0 Å². The van der Waals surface area contributed by atoms with Crippen molar-refractivity contribution in [2.24, 2.45) is 5.10 Å². The molecule has 27 heavy (non-hydrogen) atoms. The van der Waals surface area contributed by atoms with Gasteiger partial charge in [0, 0.05) is 16.7 Å². The first-order valence-corrected chi connectivity index (χ1v) is 8.74. The van der Waals surface area contributed by atoms with Crippen LogP contribution in [0.4, 0.5) is 0 Å². The topological polar surface area (TPSA) is 69.2 Å². The maximum atomic E-state index is 11.9. The highest BCUT2D eigenvalue weighted by atomic mass is 35.5. The fraction of sp³-hybridized carbons (Fsp3) is 0.263. The maximum absolute atomic E-state index is 11.9. The van der Waals surface area contributed by atoms with Crippen molar-refractivity contribution >= 4 is 35.3 Å². The van der Waals surface area contributed by atoms with Crippen LogP contribution >= 0.6 is 23.2 Å². The highest BCUT2D eigenvalue weighted by Gasteiger charge is 2.09. The largest absolute Gasteiger partial charge is 0.493 e. The van der Waals surface area contributed by atoms with Gasteiger partial charge in [0.1, 0.15) is 5.75 Å². The van der Waals surface area contributed by atoms with Crippen LogP contribution < -0.4 is 19.6 Å². The van der Waals surface area contributed by atoms with Gasteiger partial charge in [-0.2, -0.15) is 5.10 Å². The van der Waals surface area contributed by atoms with E-state index in [9.17, 15) is 4.79 Å². The fourth-order valence-corrected chi connectivity index (χ4v) is 2.62. The predicted octanol–water partition coefficient (Wildman–Crippen LogP) is 4.16. The molecule has 0 saturated carbocycles. The van der Waals surface area contributed by atoms with Gasteiger partial charge in [0.15, 0.2) is 18.1 Å². The molecule has 0 spiro atoms. The molecule has 0 bridgehead atoms. The van der Waals surface area contributed by atoms with Gasteiger partial charge in [-0.05, 0) is 43.2 Å². The van der Waals surface area contributed by atoms with Crippen molar-refractivity contribution in [2.45, 2.75) is 13.8 Å². The summed E-state index contributed by atoms with van der Waals surface area (Å²) in [5.41, 5.74) is 4.72. The summed E-state index contributed by atoms with van der Waals surface area (Å²) in [4.78, 5) is 11.9. The van der Waals surface area contributed by atoms with E-state index in [4.69, 9.17) is 37.4 Å². The number of hydrogen-bond acceptors (Lipinski definition) is 5. The third-order valence-electron chi connectivity index (χ3n) is 3.68. The molecule has 0 aliphatic rings. The summed E-state index contributed by atoms with van der Waals surface area (Å²) in [6.45, 7) is 3.57. The van der Waals surface area contributed by atoms with Crippen LogP contribution in [-0.4, -0.2) is 32.9 Å². The minimum atomic E-state index is -0.409. The average Bonchev–Trinajstić information content (AvgIpc) is 2.65. The Morgan fingerprint density at radius 3 is 2.26 bits per heavy atom. The lowest BCUT2D eigenvalue weighted by Crippen LogP contribution is -2.24. The number of ether oxygens (including phenoxy) is 3. The number of aryl methyl sites for hydroxylation is 2. The van der Waals surface area contributed by atoms with Gasteiger partial charge in [-0.1, -0.05) is 23.2 Å². The average molecular weight is 411 g/mol. The number of nitrogens with one attached hydrogen (secondary N) is 1. The Labute approximate surface area is 168 Å². The molecule has 2 aromatic carbocycles. The first kappa shape index (κ1) is 20.9. The second-order valence-corrected chi connectivity index (χ2v) is 6.47. The molecular formula is C19H20Cl2N2O4. The normalized spacial score (nSPS) is 10.7. The zero-order valence-electron chi connectivity index (χ0n) is 15.4.